The highest BCUT2D eigenvalue weighted by atomic mass is 35.5. The molecule has 0 saturated heterocycles. The summed E-state index contributed by atoms with van der Waals surface area (Å²) in [5.74, 6) is 0.497. The average Bonchev–Trinajstić information content (AvgIpc) is 2.95. The Labute approximate surface area is 129 Å². The topological polar surface area (TPSA) is 38.1 Å². The van der Waals surface area contributed by atoms with Crippen LogP contribution in [0.2, 0.25) is 0 Å². The van der Waals surface area contributed by atoms with Crippen molar-refractivity contribution in [2.24, 2.45) is 0 Å². The van der Waals surface area contributed by atoms with E-state index in [-0.39, 0.29) is 5.91 Å². The van der Waals surface area contributed by atoms with Gasteiger partial charge >= 0.3 is 0 Å². The lowest BCUT2D eigenvalue weighted by molar-refractivity contribution is 0.0598. The van der Waals surface area contributed by atoms with Gasteiger partial charge in [0.2, 0.25) is 0 Å². The van der Waals surface area contributed by atoms with Crippen LogP contribution in [-0.2, 0) is 0 Å². The molecule has 0 bridgehead atoms. The Morgan fingerprint density at radius 1 is 1.33 bits per heavy atom. The van der Waals surface area contributed by atoms with E-state index in [1.807, 2.05) is 35.2 Å². The second-order valence-corrected chi connectivity index (χ2v) is 5.66. The number of rotatable bonds is 5. The number of amides is 1. The van der Waals surface area contributed by atoms with E-state index in [4.69, 9.17) is 11.6 Å². The Kier molecular flexibility index (Phi) is 4.25. The smallest absolute Gasteiger partial charge is 0.257 e. The molecule has 1 aromatic heterocycles. The molecule has 1 heterocycles. The lowest BCUT2D eigenvalue weighted by atomic mass is 9.91. The molecule has 1 aliphatic carbocycles. The first-order valence-corrected chi connectivity index (χ1v) is 7.80. The second-order valence-electron chi connectivity index (χ2n) is 5.28. The first-order valence-electron chi connectivity index (χ1n) is 7.26. The van der Waals surface area contributed by atoms with E-state index < -0.39 is 0 Å². The van der Waals surface area contributed by atoms with E-state index in [1.165, 1.54) is 6.42 Å². The minimum atomic E-state index is 0.0301. The summed E-state index contributed by atoms with van der Waals surface area (Å²) in [7, 11) is 0. The third kappa shape index (κ3) is 2.95. The van der Waals surface area contributed by atoms with Gasteiger partial charge in [-0.1, -0.05) is 18.2 Å². The Hall–Kier alpha value is -1.81. The first-order chi connectivity index (χ1) is 10.3. The first kappa shape index (κ1) is 14.1. The molecule has 1 saturated carbocycles. The summed E-state index contributed by atoms with van der Waals surface area (Å²) in [4.78, 5) is 14.5. The van der Waals surface area contributed by atoms with Gasteiger partial charge in [-0.25, -0.2) is 4.68 Å². The number of hydrogen-bond acceptors (Lipinski definition) is 2. The standard InChI is InChI=1S/C16H18ClN3O/c17-9-10-19(14-7-4-8-14)16(21)13-11-18-20(12-13)15-5-2-1-3-6-15/h1-3,5-6,11-12,14H,4,7-10H2. The summed E-state index contributed by atoms with van der Waals surface area (Å²) in [6, 6.07) is 10.1. The Morgan fingerprint density at radius 3 is 2.71 bits per heavy atom. The highest BCUT2D eigenvalue weighted by molar-refractivity contribution is 6.18. The molecule has 1 aliphatic rings. The molecule has 3 rings (SSSR count). The number of halogens is 1. The molecule has 1 fully saturated rings. The monoisotopic (exact) mass is 303 g/mol. The van der Waals surface area contributed by atoms with Gasteiger partial charge in [0.1, 0.15) is 0 Å². The van der Waals surface area contributed by atoms with E-state index in [0.717, 1.165) is 18.5 Å². The zero-order valence-corrected chi connectivity index (χ0v) is 12.5. The number of benzene rings is 1. The van der Waals surface area contributed by atoms with Crippen molar-refractivity contribution in [1.29, 1.82) is 0 Å². The highest BCUT2D eigenvalue weighted by Crippen LogP contribution is 2.26. The van der Waals surface area contributed by atoms with Gasteiger partial charge in [0, 0.05) is 24.7 Å². The van der Waals surface area contributed by atoms with Crippen molar-refractivity contribution >= 4 is 17.5 Å². The minimum Gasteiger partial charge on any atom is -0.334 e. The summed E-state index contributed by atoms with van der Waals surface area (Å²) in [6.07, 6.45) is 6.78. The van der Waals surface area contributed by atoms with Crippen molar-refractivity contribution < 1.29 is 4.79 Å². The van der Waals surface area contributed by atoms with Crippen LogP contribution in [0.25, 0.3) is 5.69 Å². The van der Waals surface area contributed by atoms with Crippen LogP contribution in [0.4, 0.5) is 0 Å². The maximum absolute atomic E-state index is 12.6. The summed E-state index contributed by atoms with van der Waals surface area (Å²) < 4.78 is 1.73. The quantitative estimate of drug-likeness (QED) is 0.796. The number of carbonyl (C=O) groups is 1. The van der Waals surface area contributed by atoms with Gasteiger partial charge in [0.05, 0.1) is 17.4 Å². The summed E-state index contributed by atoms with van der Waals surface area (Å²) in [6.45, 7) is 0.599. The Balaban J connectivity index is 1.79. The third-order valence-electron chi connectivity index (χ3n) is 3.95. The van der Waals surface area contributed by atoms with Crippen molar-refractivity contribution in [2.75, 3.05) is 12.4 Å². The fraction of sp³-hybridized carbons (Fsp3) is 0.375. The van der Waals surface area contributed by atoms with E-state index in [0.29, 0.717) is 24.0 Å². The summed E-state index contributed by atoms with van der Waals surface area (Å²) in [5.41, 5.74) is 1.57. The lowest BCUT2D eigenvalue weighted by Crippen LogP contribution is -2.45. The molecule has 110 valence electrons. The second kappa shape index (κ2) is 6.31. The van der Waals surface area contributed by atoms with Crippen molar-refractivity contribution in [3.63, 3.8) is 0 Å². The predicted molar refractivity (Wildman–Crippen MR) is 83.0 cm³/mol. The van der Waals surface area contributed by atoms with Crippen molar-refractivity contribution in [1.82, 2.24) is 14.7 Å². The molecule has 0 radical (unpaired) electrons. The SMILES string of the molecule is O=C(c1cnn(-c2ccccc2)c1)N(CCCl)C1CCC1. The normalized spacial score (nSPS) is 14.7. The Bertz CT molecular complexity index is 607. The molecule has 21 heavy (non-hydrogen) atoms. The van der Waals surface area contributed by atoms with E-state index >= 15 is 0 Å². The van der Waals surface area contributed by atoms with Crippen LogP contribution in [0, 0.1) is 0 Å². The number of carbonyl (C=O) groups excluding carboxylic acids is 1. The molecule has 0 atom stereocenters. The average molecular weight is 304 g/mol. The molecule has 1 aromatic carbocycles. The van der Waals surface area contributed by atoms with E-state index in [1.54, 1.807) is 17.1 Å². The Morgan fingerprint density at radius 2 is 2.10 bits per heavy atom. The van der Waals surface area contributed by atoms with Gasteiger partial charge < -0.3 is 4.90 Å². The third-order valence-corrected chi connectivity index (χ3v) is 4.12. The molecule has 4 nitrogen and oxygen atoms in total. The molecule has 2 aromatic rings. The largest absolute Gasteiger partial charge is 0.334 e. The van der Waals surface area contributed by atoms with Crippen LogP contribution in [0.15, 0.2) is 42.7 Å². The highest BCUT2D eigenvalue weighted by Gasteiger charge is 2.29. The number of para-hydroxylation sites is 1. The summed E-state index contributed by atoms with van der Waals surface area (Å²) in [5, 5.41) is 4.29. The van der Waals surface area contributed by atoms with E-state index in [9.17, 15) is 4.79 Å². The summed E-state index contributed by atoms with van der Waals surface area (Å²) >= 11 is 5.84. The molecule has 5 heteroatoms. The van der Waals surface area contributed by atoms with Crippen LogP contribution >= 0.6 is 11.6 Å². The van der Waals surface area contributed by atoms with E-state index in [2.05, 4.69) is 5.10 Å². The molecule has 0 N–H and O–H groups in total. The zero-order chi connectivity index (χ0) is 14.7. The molecule has 0 aliphatic heterocycles. The molecule has 0 unspecified atom stereocenters. The zero-order valence-electron chi connectivity index (χ0n) is 11.8. The van der Waals surface area contributed by atoms with Crippen molar-refractivity contribution in [2.45, 2.75) is 25.3 Å². The maximum atomic E-state index is 12.6. The van der Waals surface area contributed by atoms with Crippen LogP contribution in [0.1, 0.15) is 29.6 Å². The van der Waals surface area contributed by atoms with Gasteiger partial charge in [-0.15, -0.1) is 11.6 Å². The number of aromatic nitrogens is 2. The lowest BCUT2D eigenvalue weighted by Gasteiger charge is -2.37. The predicted octanol–water partition coefficient (Wildman–Crippen LogP) is 3.11. The number of alkyl halides is 1. The number of nitrogens with zero attached hydrogens (tertiary/aromatic N) is 3. The molecule has 0 spiro atoms. The van der Waals surface area contributed by atoms with Gasteiger partial charge in [-0.2, -0.15) is 5.10 Å². The van der Waals surface area contributed by atoms with Crippen molar-refractivity contribution in [3.05, 3.63) is 48.3 Å². The fourth-order valence-electron chi connectivity index (χ4n) is 2.56. The number of hydrogen-bond donors (Lipinski definition) is 0. The van der Waals surface area contributed by atoms with Crippen LogP contribution in [0.5, 0.6) is 0 Å². The van der Waals surface area contributed by atoms with Crippen LogP contribution in [0.3, 0.4) is 0 Å². The van der Waals surface area contributed by atoms with Gasteiger partial charge in [0.25, 0.3) is 5.91 Å². The van der Waals surface area contributed by atoms with Gasteiger partial charge in [-0.05, 0) is 31.4 Å². The minimum absolute atomic E-state index is 0.0301. The van der Waals surface area contributed by atoms with Crippen molar-refractivity contribution in [3.8, 4) is 5.69 Å². The molecule has 1 amide bonds. The maximum Gasteiger partial charge on any atom is 0.257 e. The molecular weight excluding hydrogens is 286 g/mol. The molecular formula is C16H18ClN3O. The van der Waals surface area contributed by atoms with Gasteiger partial charge in [-0.3, -0.25) is 4.79 Å². The fourth-order valence-corrected chi connectivity index (χ4v) is 2.74. The van der Waals surface area contributed by atoms with Crippen LogP contribution in [-0.4, -0.2) is 39.1 Å². The van der Waals surface area contributed by atoms with Crippen LogP contribution < -0.4 is 0 Å². The van der Waals surface area contributed by atoms with Gasteiger partial charge in [0.15, 0.2) is 0 Å².